The molecule has 1 heterocycles. The van der Waals surface area contributed by atoms with Gasteiger partial charge >= 0.3 is 0 Å². The van der Waals surface area contributed by atoms with Crippen LogP contribution in [-0.2, 0) is 19.6 Å². The molecule has 1 aromatic rings. The Balaban J connectivity index is 2.18. The minimum atomic E-state index is -3.64. The second kappa shape index (κ2) is 6.99. The summed E-state index contributed by atoms with van der Waals surface area (Å²) in [6, 6.07) is 6.28. The Hall–Kier alpha value is -1.48. The normalized spacial score (nSPS) is 19.2. The van der Waals surface area contributed by atoms with Gasteiger partial charge in [-0.3, -0.25) is 4.79 Å². The Labute approximate surface area is 124 Å². The molecular weight excluding hydrogens is 294 g/mol. The number of morpholine rings is 1. The average molecular weight is 313 g/mol. The Kier molecular flexibility index (Phi) is 5.29. The molecule has 1 amide bonds. The zero-order valence-electron chi connectivity index (χ0n) is 11.8. The van der Waals surface area contributed by atoms with E-state index < -0.39 is 16.1 Å². The number of rotatable bonds is 5. The van der Waals surface area contributed by atoms with Crippen molar-refractivity contribution >= 4 is 21.6 Å². The Morgan fingerprint density at radius 1 is 1.43 bits per heavy atom. The number of sulfonamides is 1. The van der Waals surface area contributed by atoms with Gasteiger partial charge in [-0.25, -0.2) is 13.1 Å². The minimum absolute atomic E-state index is 0.0453. The molecule has 8 heteroatoms. The molecule has 21 heavy (non-hydrogen) atoms. The lowest BCUT2D eigenvalue weighted by Crippen LogP contribution is -2.45. The van der Waals surface area contributed by atoms with E-state index >= 15 is 0 Å². The van der Waals surface area contributed by atoms with E-state index in [9.17, 15) is 13.2 Å². The van der Waals surface area contributed by atoms with Crippen molar-refractivity contribution in [2.75, 3.05) is 31.6 Å². The molecule has 0 bridgehead atoms. The summed E-state index contributed by atoms with van der Waals surface area (Å²) in [6.07, 6.45) is -0.617. The van der Waals surface area contributed by atoms with Gasteiger partial charge in [0.1, 0.15) is 11.0 Å². The number of anilines is 1. The third-order valence-corrected chi connectivity index (χ3v) is 4.59. The molecule has 3 N–H and O–H groups in total. The third kappa shape index (κ3) is 4.01. The van der Waals surface area contributed by atoms with Crippen LogP contribution < -0.4 is 15.4 Å². The van der Waals surface area contributed by atoms with Crippen LogP contribution in [0.15, 0.2) is 29.2 Å². The van der Waals surface area contributed by atoms with Crippen molar-refractivity contribution < 1.29 is 17.9 Å². The van der Waals surface area contributed by atoms with Crippen LogP contribution in [-0.4, -0.2) is 46.7 Å². The van der Waals surface area contributed by atoms with Crippen molar-refractivity contribution in [3.8, 4) is 0 Å². The van der Waals surface area contributed by atoms with Crippen molar-refractivity contribution in [1.82, 2.24) is 10.0 Å². The standard InChI is InChI=1S/C13H19N3O4S/c1-2-15-21(18,19)12-6-4-3-5-10(12)16-13(17)11-9-14-7-8-20-11/h3-6,11,14-15H,2,7-9H2,1H3,(H,16,17). The van der Waals surface area contributed by atoms with Gasteiger partial charge in [-0.2, -0.15) is 0 Å². The molecule has 116 valence electrons. The van der Waals surface area contributed by atoms with Gasteiger partial charge < -0.3 is 15.4 Å². The van der Waals surface area contributed by atoms with Crippen LogP contribution in [0.2, 0.25) is 0 Å². The summed E-state index contributed by atoms with van der Waals surface area (Å²) in [5.74, 6) is -0.360. The first-order chi connectivity index (χ1) is 10.0. The molecule has 0 radical (unpaired) electrons. The molecule has 2 rings (SSSR count). The largest absolute Gasteiger partial charge is 0.366 e. The number of nitrogens with one attached hydrogen (secondary N) is 3. The average Bonchev–Trinajstić information content (AvgIpc) is 2.48. The third-order valence-electron chi connectivity index (χ3n) is 2.99. The van der Waals surface area contributed by atoms with Gasteiger partial charge in [0.2, 0.25) is 10.0 Å². The molecule has 0 aliphatic carbocycles. The van der Waals surface area contributed by atoms with Gasteiger partial charge in [0.25, 0.3) is 5.91 Å². The van der Waals surface area contributed by atoms with Crippen molar-refractivity contribution in [3.05, 3.63) is 24.3 Å². The summed E-state index contributed by atoms with van der Waals surface area (Å²) in [7, 11) is -3.64. The Bertz CT molecular complexity index is 597. The lowest BCUT2D eigenvalue weighted by atomic mass is 10.2. The number of carbonyl (C=O) groups excluding carboxylic acids is 1. The number of ether oxygens (including phenoxy) is 1. The van der Waals surface area contributed by atoms with Crippen molar-refractivity contribution in [1.29, 1.82) is 0 Å². The molecule has 1 saturated heterocycles. The molecule has 1 aliphatic heterocycles. The fourth-order valence-electron chi connectivity index (χ4n) is 2.02. The molecular formula is C13H19N3O4S. The van der Waals surface area contributed by atoms with Crippen LogP contribution in [0.4, 0.5) is 5.69 Å². The number of amides is 1. The molecule has 1 aromatic carbocycles. The van der Waals surface area contributed by atoms with E-state index in [0.29, 0.717) is 19.7 Å². The predicted octanol–water partition coefficient (Wildman–Crippen LogP) is -0.0883. The van der Waals surface area contributed by atoms with Crippen molar-refractivity contribution in [2.24, 2.45) is 0 Å². The van der Waals surface area contributed by atoms with E-state index in [1.165, 1.54) is 6.07 Å². The molecule has 1 fully saturated rings. The van der Waals surface area contributed by atoms with Gasteiger partial charge in [0.05, 0.1) is 12.3 Å². The van der Waals surface area contributed by atoms with E-state index in [1.807, 2.05) is 0 Å². The Morgan fingerprint density at radius 3 is 2.86 bits per heavy atom. The van der Waals surface area contributed by atoms with Crippen molar-refractivity contribution in [3.63, 3.8) is 0 Å². The molecule has 1 aliphatic rings. The zero-order chi connectivity index (χ0) is 15.3. The highest BCUT2D eigenvalue weighted by atomic mass is 32.2. The number of carbonyl (C=O) groups is 1. The Morgan fingerprint density at radius 2 is 2.19 bits per heavy atom. The van der Waals surface area contributed by atoms with Crippen LogP contribution in [0.1, 0.15) is 6.92 Å². The van der Waals surface area contributed by atoms with Crippen LogP contribution in [0.5, 0.6) is 0 Å². The van der Waals surface area contributed by atoms with Gasteiger partial charge in [-0.1, -0.05) is 19.1 Å². The second-order valence-electron chi connectivity index (χ2n) is 4.55. The van der Waals surface area contributed by atoms with E-state index in [-0.39, 0.29) is 23.0 Å². The minimum Gasteiger partial charge on any atom is -0.366 e. The predicted molar refractivity (Wildman–Crippen MR) is 78.5 cm³/mol. The van der Waals surface area contributed by atoms with Crippen LogP contribution >= 0.6 is 0 Å². The number of para-hydroxylation sites is 1. The van der Waals surface area contributed by atoms with E-state index in [4.69, 9.17) is 4.74 Å². The summed E-state index contributed by atoms with van der Waals surface area (Å²) >= 11 is 0. The first-order valence-electron chi connectivity index (χ1n) is 6.76. The monoisotopic (exact) mass is 313 g/mol. The van der Waals surface area contributed by atoms with Gasteiger partial charge in [0, 0.05) is 19.6 Å². The summed E-state index contributed by atoms with van der Waals surface area (Å²) in [6.45, 7) is 3.54. The SMILES string of the molecule is CCNS(=O)(=O)c1ccccc1NC(=O)C1CNCCO1. The molecule has 0 saturated carbocycles. The zero-order valence-corrected chi connectivity index (χ0v) is 12.6. The topological polar surface area (TPSA) is 96.5 Å². The number of hydrogen-bond acceptors (Lipinski definition) is 5. The molecule has 0 aromatic heterocycles. The van der Waals surface area contributed by atoms with E-state index in [2.05, 4.69) is 15.4 Å². The second-order valence-corrected chi connectivity index (χ2v) is 6.29. The molecule has 1 unspecified atom stereocenters. The summed E-state index contributed by atoms with van der Waals surface area (Å²) in [5.41, 5.74) is 0.248. The lowest BCUT2D eigenvalue weighted by Gasteiger charge is -2.23. The maximum absolute atomic E-state index is 12.1. The maximum atomic E-state index is 12.1. The number of benzene rings is 1. The van der Waals surface area contributed by atoms with Crippen LogP contribution in [0, 0.1) is 0 Å². The maximum Gasteiger partial charge on any atom is 0.254 e. The van der Waals surface area contributed by atoms with Crippen molar-refractivity contribution in [2.45, 2.75) is 17.9 Å². The fraction of sp³-hybridized carbons (Fsp3) is 0.462. The smallest absolute Gasteiger partial charge is 0.254 e. The number of hydrogen-bond donors (Lipinski definition) is 3. The highest BCUT2D eigenvalue weighted by molar-refractivity contribution is 7.89. The summed E-state index contributed by atoms with van der Waals surface area (Å²) < 4.78 is 32.0. The van der Waals surface area contributed by atoms with Gasteiger partial charge in [-0.15, -0.1) is 0 Å². The van der Waals surface area contributed by atoms with Crippen LogP contribution in [0.3, 0.4) is 0 Å². The highest BCUT2D eigenvalue weighted by Gasteiger charge is 2.24. The molecule has 1 atom stereocenters. The van der Waals surface area contributed by atoms with Gasteiger partial charge in [-0.05, 0) is 12.1 Å². The first-order valence-corrected chi connectivity index (χ1v) is 8.25. The quantitative estimate of drug-likeness (QED) is 0.706. The summed E-state index contributed by atoms with van der Waals surface area (Å²) in [5, 5.41) is 5.67. The van der Waals surface area contributed by atoms with E-state index in [1.54, 1.807) is 25.1 Å². The molecule has 0 spiro atoms. The van der Waals surface area contributed by atoms with Crippen LogP contribution in [0.25, 0.3) is 0 Å². The fourth-order valence-corrected chi connectivity index (χ4v) is 3.22. The van der Waals surface area contributed by atoms with Gasteiger partial charge in [0.15, 0.2) is 0 Å². The first kappa shape index (κ1) is 15.9. The molecule has 7 nitrogen and oxygen atoms in total. The van der Waals surface area contributed by atoms with E-state index in [0.717, 1.165) is 0 Å². The summed E-state index contributed by atoms with van der Waals surface area (Å²) in [4.78, 5) is 12.2. The lowest BCUT2D eigenvalue weighted by molar-refractivity contribution is -0.128. The highest BCUT2D eigenvalue weighted by Crippen LogP contribution is 2.21.